The SMILES string of the molecule is CCc1ccc(CC)c2c1C=CC2C. The molecule has 0 heterocycles. The molecule has 0 bridgehead atoms. The Morgan fingerprint density at radius 1 is 1.07 bits per heavy atom. The van der Waals surface area contributed by atoms with Crippen molar-refractivity contribution in [2.75, 3.05) is 0 Å². The first-order chi connectivity index (χ1) is 6.77. The van der Waals surface area contributed by atoms with Gasteiger partial charge in [0.1, 0.15) is 0 Å². The zero-order chi connectivity index (χ0) is 10.1. The van der Waals surface area contributed by atoms with Gasteiger partial charge in [-0.15, -0.1) is 0 Å². The lowest BCUT2D eigenvalue weighted by Crippen LogP contribution is -1.98. The van der Waals surface area contributed by atoms with E-state index in [4.69, 9.17) is 0 Å². The van der Waals surface area contributed by atoms with Crippen molar-refractivity contribution in [2.45, 2.75) is 39.5 Å². The third kappa shape index (κ3) is 1.30. The largest absolute Gasteiger partial charge is 0.0766 e. The Hall–Kier alpha value is -1.04. The van der Waals surface area contributed by atoms with Gasteiger partial charge in [-0.05, 0) is 35.1 Å². The zero-order valence-corrected chi connectivity index (χ0v) is 9.30. The molecule has 0 saturated heterocycles. The van der Waals surface area contributed by atoms with Gasteiger partial charge in [-0.3, -0.25) is 0 Å². The van der Waals surface area contributed by atoms with E-state index < -0.39 is 0 Å². The van der Waals surface area contributed by atoms with Crippen molar-refractivity contribution in [3.8, 4) is 0 Å². The molecule has 1 atom stereocenters. The van der Waals surface area contributed by atoms with Crippen LogP contribution in [-0.2, 0) is 12.8 Å². The number of rotatable bonds is 2. The predicted molar refractivity (Wildman–Crippen MR) is 62.6 cm³/mol. The number of hydrogen-bond acceptors (Lipinski definition) is 0. The summed E-state index contributed by atoms with van der Waals surface area (Å²) >= 11 is 0. The molecule has 1 unspecified atom stereocenters. The van der Waals surface area contributed by atoms with E-state index >= 15 is 0 Å². The first-order valence-electron chi connectivity index (χ1n) is 5.60. The monoisotopic (exact) mass is 186 g/mol. The highest BCUT2D eigenvalue weighted by atomic mass is 14.2. The molecule has 0 aliphatic heterocycles. The molecule has 1 aliphatic carbocycles. The summed E-state index contributed by atoms with van der Waals surface area (Å²) in [7, 11) is 0. The lowest BCUT2D eigenvalue weighted by Gasteiger charge is -2.13. The molecule has 1 aromatic rings. The van der Waals surface area contributed by atoms with Crippen molar-refractivity contribution in [3.05, 3.63) is 40.5 Å². The van der Waals surface area contributed by atoms with Crippen molar-refractivity contribution < 1.29 is 0 Å². The van der Waals surface area contributed by atoms with Gasteiger partial charge in [0, 0.05) is 5.92 Å². The second-order valence-electron chi connectivity index (χ2n) is 4.07. The van der Waals surface area contributed by atoms with Crippen LogP contribution in [0.5, 0.6) is 0 Å². The van der Waals surface area contributed by atoms with Crippen molar-refractivity contribution in [2.24, 2.45) is 0 Å². The van der Waals surface area contributed by atoms with Crippen LogP contribution < -0.4 is 0 Å². The van der Waals surface area contributed by atoms with Crippen LogP contribution in [0.4, 0.5) is 0 Å². The predicted octanol–water partition coefficient (Wildman–Crippen LogP) is 3.94. The maximum atomic E-state index is 2.32. The first-order valence-corrected chi connectivity index (χ1v) is 5.60. The van der Waals surface area contributed by atoms with Gasteiger partial charge >= 0.3 is 0 Å². The fourth-order valence-corrected chi connectivity index (χ4v) is 2.41. The third-order valence-corrected chi connectivity index (χ3v) is 3.24. The van der Waals surface area contributed by atoms with Crippen molar-refractivity contribution in [3.63, 3.8) is 0 Å². The summed E-state index contributed by atoms with van der Waals surface area (Å²) in [5.41, 5.74) is 6.10. The van der Waals surface area contributed by atoms with Crippen LogP contribution in [0.1, 0.15) is 48.9 Å². The number of benzene rings is 1. The Balaban J connectivity index is 2.61. The highest BCUT2D eigenvalue weighted by Crippen LogP contribution is 2.35. The van der Waals surface area contributed by atoms with Crippen LogP contribution in [0, 0.1) is 0 Å². The van der Waals surface area contributed by atoms with Crippen LogP contribution in [-0.4, -0.2) is 0 Å². The molecule has 0 radical (unpaired) electrons. The topological polar surface area (TPSA) is 0 Å². The maximum Gasteiger partial charge on any atom is 0.000166 e. The molecule has 0 nitrogen and oxygen atoms in total. The first kappa shape index (κ1) is 9.51. The minimum absolute atomic E-state index is 0.617. The van der Waals surface area contributed by atoms with Crippen LogP contribution in [0.15, 0.2) is 18.2 Å². The van der Waals surface area contributed by atoms with Gasteiger partial charge in [0.2, 0.25) is 0 Å². The summed E-state index contributed by atoms with van der Waals surface area (Å²) < 4.78 is 0. The van der Waals surface area contributed by atoms with E-state index in [1.807, 2.05) is 0 Å². The molecular weight excluding hydrogens is 168 g/mol. The van der Waals surface area contributed by atoms with E-state index in [1.165, 1.54) is 16.7 Å². The van der Waals surface area contributed by atoms with Crippen molar-refractivity contribution in [1.82, 2.24) is 0 Å². The van der Waals surface area contributed by atoms with Gasteiger partial charge < -0.3 is 0 Å². The summed E-state index contributed by atoms with van der Waals surface area (Å²) in [5.74, 6) is 0.617. The van der Waals surface area contributed by atoms with Gasteiger partial charge in [0.25, 0.3) is 0 Å². The van der Waals surface area contributed by atoms with Gasteiger partial charge in [-0.25, -0.2) is 0 Å². The third-order valence-electron chi connectivity index (χ3n) is 3.24. The number of aryl methyl sites for hydroxylation is 2. The quantitative estimate of drug-likeness (QED) is 0.656. The minimum atomic E-state index is 0.617. The highest BCUT2D eigenvalue weighted by molar-refractivity contribution is 5.67. The Labute approximate surface area is 86.7 Å². The van der Waals surface area contributed by atoms with Crippen LogP contribution in [0.3, 0.4) is 0 Å². The molecular formula is C14H18. The molecule has 0 amide bonds. The molecule has 0 heteroatoms. The Kier molecular flexibility index (Phi) is 2.45. The van der Waals surface area contributed by atoms with Gasteiger partial charge in [0.05, 0.1) is 0 Å². The van der Waals surface area contributed by atoms with E-state index in [2.05, 4.69) is 45.1 Å². The summed E-state index contributed by atoms with van der Waals surface area (Å²) in [6.45, 7) is 6.77. The molecule has 0 N–H and O–H groups in total. The molecule has 0 saturated carbocycles. The van der Waals surface area contributed by atoms with E-state index in [0.717, 1.165) is 12.8 Å². The standard InChI is InChI=1S/C14H18/c1-4-11-7-8-12(5-2)14-10(3)6-9-13(11)14/h6-10H,4-5H2,1-3H3. The van der Waals surface area contributed by atoms with E-state index in [-0.39, 0.29) is 0 Å². The Bertz CT molecular complexity index is 372. The van der Waals surface area contributed by atoms with Crippen LogP contribution >= 0.6 is 0 Å². The van der Waals surface area contributed by atoms with Gasteiger partial charge in [-0.2, -0.15) is 0 Å². The molecule has 0 aromatic heterocycles. The number of fused-ring (bicyclic) bond motifs is 1. The molecule has 1 aliphatic rings. The average Bonchev–Trinajstić information content (AvgIpc) is 2.60. The second-order valence-corrected chi connectivity index (χ2v) is 4.07. The lowest BCUT2D eigenvalue weighted by molar-refractivity contribution is 0.938. The normalized spacial score (nSPS) is 18.6. The number of allylic oxidation sites excluding steroid dienone is 1. The molecule has 0 spiro atoms. The average molecular weight is 186 g/mol. The fraction of sp³-hybridized carbons (Fsp3) is 0.429. The van der Waals surface area contributed by atoms with Crippen LogP contribution in [0.25, 0.3) is 6.08 Å². The Morgan fingerprint density at radius 3 is 2.36 bits per heavy atom. The van der Waals surface area contributed by atoms with Crippen LogP contribution in [0.2, 0.25) is 0 Å². The van der Waals surface area contributed by atoms with Crippen molar-refractivity contribution >= 4 is 6.08 Å². The number of hydrogen-bond donors (Lipinski definition) is 0. The summed E-state index contributed by atoms with van der Waals surface area (Å²) in [6.07, 6.45) is 6.92. The summed E-state index contributed by atoms with van der Waals surface area (Å²) in [6, 6.07) is 4.60. The van der Waals surface area contributed by atoms with E-state index in [0.29, 0.717) is 5.92 Å². The van der Waals surface area contributed by atoms with Gasteiger partial charge in [0.15, 0.2) is 0 Å². The highest BCUT2D eigenvalue weighted by Gasteiger charge is 2.18. The molecule has 2 rings (SSSR count). The fourth-order valence-electron chi connectivity index (χ4n) is 2.41. The smallest absolute Gasteiger partial charge is 0.000166 e. The Morgan fingerprint density at radius 2 is 1.71 bits per heavy atom. The molecule has 1 aromatic carbocycles. The maximum absolute atomic E-state index is 2.32. The minimum Gasteiger partial charge on any atom is -0.0766 e. The van der Waals surface area contributed by atoms with E-state index in [1.54, 1.807) is 5.56 Å². The van der Waals surface area contributed by atoms with Crippen molar-refractivity contribution in [1.29, 1.82) is 0 Å². The molecule has 14 heavy (non-hydrogen) atoms. The summed E-state index contributed by atoms with van der Waals surface area (Å²) in [4.78, 5) is 0. The molecule has 0 fully saturated rings. The zero-order valence-electron chi connectivity index (χ0n) is 9.30. The lowest BCUT2D eigenvalue weighted by atomic mass is 9.91. The second kappa shape index (κ2) is 3.61. The molecule has 74 valence electrons. The van der Waals surface area contributed by atoms with E-state index in [9.17, 15) is 0 Å². The summed E-state index contributed by atoms with van der Waals surface area (Å²) in [5, 5.41) is 0. The van der Waals surface area contributed by atoms with Gasteiger partial charge in [-0.1, -0.05) is 45.1 Å².